The summed E-state index contributed by atoms with van der Waals surface area (Å²) in [5, 5.41) is 2.55. The van der Waals surface area contributed by atoms with Gasteiger partial charge in [-0.2, -0.15) is 0 Å². The molecule has 1 aliphatic rings. The standard InChI is InChI=1S/C20H20FNO4/c1-13(20(24)22-17-8-6-16(21)7-9-17)26-19(23)12-25-18-10-5-14-3-2-4-15(14)11-18/h5-11,13H,2-4,12H2,1H3,(H,22,24)/t13-/m1/s1. The Hall–Kier alpha value is -2.89. The van der Waals surface area contributed by atoms with Crippen LogP contribution < -0.4 is 10.1 Å². The first-order valence-corrected chi connectivity index (χ1v) is 8.52. The molecule has 0 unspecified atom stereocenters. The second kappa shape index (κ2) is 7.99. The van der Waals surface area contributed by atoms with Crippen LogP contribution in [0, 0.1) is 5.82 Å². The van der Waals surface area contributed by atoms with Crippen LogP contribution >= 0.6 is 0 Å². The van der Waals surface area contributed by atoms with Gasteiger partial charge >= 0.3 is 5.97 Å². The molecule has 26 heavy (non-hydrogen) atoms. The Balaban J connectivity index is 1.46. The third-order valence-corrected chi connectivity index (χ3v) is 4.22. The molecule has 1 atom stereocenters. The molecule has 6 heteroatoms. The fraction of sp³-hybridized carbons (Fsp3) is 0.300. The van der Waals surface area contributed by atoms with Crippen LogP contribution in [0.5, 0.6) is 5.75 Å². The Morgan fingerprint density at radius 2 is 1.85 bits per heavy atom. The van der Waals surface area contributed by atoms with Gasteiger partial charge in [0, 0.05) is 5.69 Å². The number of benzene rings is 2. The van der Waals surface area contributed by atoms with Gasteiger partial charge in [0.05, 0.1) is 0 Å². The number of esters is 1. The van der Waals surface area contributed by atoms with Gasteiger partial charge < -0.3 is 14.8 Å². The number of ether oxygens (including phenoxy) is 2. The minimum Gasteiger partial charge on any atom is -0.482 e. The maximum atomic E-state index is 12.9. The van der Waals surface area contributed by atoms with E-state index >= 15 is 0 Å². The van der Waals surface area contributed by atoms with Crippen molar-refractivity contribution in [2.75, 3.05) is 11.9 Å². The minimum atomic E-state index is -0.990. The van der Waals surface area contributed by atoms with Crippen LogP contribution in [0.15, 0.2) is 42.5 Å². The molecule has 2 aromatic rings. The summed E-state index contributed by atoms with van der Waals surface area (Å²) in [5.41, 5.74) is 3.00. The first kappa shape index (κ1) is 17.9. The topological polar surface area (TPSA) is 64.6 Å². The molecular formula is C20H20FNO4. The molecule has 1 aliphatic carbocycles. The Morgan fingerprint density at radius 3 is 2.62 bits per heavy atom. The van der Waals surface area contributed by atoms with E-state index in [0.29, 0.717) is 11.4 Å². The highest BCUT2D eigenvalue weighted by molar-refractivity contribution is 5.95. The van der Waals surface area contributed by atoms with Crippen molar-refractivity contribution < 1.29 is 23.5 Å². The van der Waals surface area contributed by atoms with Crippen molar-refractivity contribution in [3.05, 3.63) is 59.4 Å². The Labute approximate surface area is 151 Å². The molecule has 0 aromatic heterocycles. The van der Waals surface area contributed by atoms with E-state index in [1.165, 1.54) is 42.3 Å². The highest BCUT2D eigenvalue weighted by Gasteiger charge is 2.19. The quantitative estimate of drug-likeness (QED) is 0.806. The van der Waals surface area contributed by atoms with Gasteiger partial charge in [-0.1, -0.05) is 6.07 Å². The van der Waals surface area contributed by atoms with Crippen LogP contribution in [0.25, 0.3) is 0 Å². The van der Waals surface area contributed by atoms with Gasteiger partial charge in [0.1, 0.15) is 11.6 Å². The van der Waals surface area contributed by atoms with Crippen molar-refractivity contribution >= 4 is 17.6 Å². The van der Waals surface area contributed by atoms with E-state index in [4.69, 9.17) is 9.47 Å². The second-order valence-electron chi connectivity index (χ2n) is 6.20. The summed E-state index contributed by atoms with van der Waals surface area (Å²) in [6.45, 7) is 1.19. The highest BCUT2D eigenvalue weighted by Crippen LogP contribution is 2.26. The number of anilines is 1. The van der Waals surface area contributed by atoms with Crippen LogP contribution in [0.3, 0.4) is 0 Å². The number of nitrogens with one attached hydrogen (secondary N) is 1. The summed E-state index contributed by atoms with van der Waals surface area (Å²) in [4.78, 5) is 23.9. The Kier molecular flexibility index (Phi) is 5.51. The lowest BCUT2D eigenvalue weighted by Gasteiger charge is -2.14. The van der Waals surface area contributed by atoms with Crippen molar-refractivity contribution in [2.45, 2.75) is 32.3 Å². The van der Waals surface area contributed by atoms with Gasteiger partial charge in [0.15, 0.2) is 12.7 Å². The predicted molar refractivity (Wildman–Crippen MR) is 94.5 cm³/mol. The molecule has 0 saturated heterocycles. The Bertz CT molecular complexity index is 804. The van der Waals surface area contributed by atoms with Crippen LogP contribution in [0.4, 0.5) is 10.1 Å². The summed E-state index contributed by atoms with van der Waals surface area (Å²) in [5.74, 6) is -0.910. The van der Waals surface area contributed by atoms with Crippen LogP contribution in [-0.4, -0.2) is 24.6 Å². The molecule has 0 radical (unpaired) electrons. The van der Waals surface area contributed by atoms with Crippen LogP contribution in [-0.2, 0) is 27.2 Å². The summed E-state index contributed by atoms with van der Waals surface area (Å²) in [6.07, 6.45) is 2.26. The highest BCUT2D eigenvalue weighted by atomic mass is 19.1. The monoisotopic (exact) mass is 357 g/mol. The molecule has 136 valence electrons. The lowest BCUT2D eigenvalue weighted by molar-refractivity contribution is -0.155. The molecule has 5 nitrogen and oxygen atoms in total. The first-order chi connectivity index (χ1) is 12.5. The number of fused-ring (bicyclic) bond motifs is 1. The van der Waals surface area contributed by atoms with E-state index in [1.54, 1.807) is 0 Å². The predicted octanol–water partition coefficient (Wildman–Crippen LogP) is 3.26. The van der Waals surface area contributed by atoms with E-state index in [9.17, 15) is 14.0 Å². The number of carbonyl (C=O) groups excluding carboxylic acids is 2. The molecule has 0 spiro atoms. The maximum Gasteiger partial charge on any atom is 0.344 e. The number of hydrogen-bond donors (Lipinski definition) is 1. The molecule has 2 aromatic carbocycles. The fourth-order valence-corrected chi connectivity index (χ4v) is 2.84. The van der Waals surface area contributed by atoms with E-state index in [1.807, 2.05) is 18.2 Å². The molecule has 0 heterocycles. The average molecular weight is 357 g/mol. The van der Waals surface area contributed by atoms with Crippen molar-refractivity contribution in [1.29, 1.82) is 0 Å². The van der Waals surface area contributed by atoms with Gasteiger partial charge in [-0.05, 0) is 73.7 Å². The molecule has 1 N–H and O–H groups in total. The first-order valence-electron chi connectivity index (χ1n) is 8.52. The van der Waals surface area contributed by atoms with Crippen molar-refractivity contribution in [3.8, 4) is 5.75 Å². The molecule has 3 rings (SSSR count). The van der Waals surface area contributed by atoms with Gasteiger partial charge in [0.25, 0.3) is 5.91 Å². The molecule has 0 saturated carbocycles. The largest absolute Gasteiger partial charge is 0.482 e. The zero-order valence-electron chi connectivity index (χ0n) is 14.5. The SMILES string of the molecule is C[C@@H](OC(=O)COc1ccc2c(c1)CCC2)C(=O)Nc1ccc(F)cc1. The third kappa shape index (κ3) is 4.59. The normalized spacial score (nSPS) is 13.6. The van der Waals surface area contributed by atoms with Gasteiger partial charge in [-0.25, -0.2) is 9.18 Å². The van der Waals surface area contributed by atoms with E-state index in [0.717, 1.165) is 19.3 Å². The zero-order valence-corrected chi connectivity index (χ0v) is 14.5. The molecule has 1 amide bonds. The van der Waals surface area contributed by atoms with Crippen molar-refractivity contribution in [2.24, 2.45) is 0 Å². The Morgan fingerprint density at radius 1 is 1.12 bits per heavy atom. The number of amides is 1. The number of aryl methyl sites for hydroxylation is 2. The summed E-state index contributed by atoms with van der Waals surface area (Å²) in [7, 11) is 0. The molecule has 0 aliphatic heterocycles. The zero-order chi connectivity index (χ0) is 18.5. The summed E-state index contributed by atoms with van der Waals surface area (Å²) >= 11 is 0. The maximum absolute atomic E-state index is 12.9. The summed E-state index contributed by atoms with van der Waals surface area (Å²) < 4.78 is 23.4. The second-order valence-corrected chi connectivity index (χ2v) is 6.20. The lowest BCUT2D eigenvalue weighted by Crippen LogP contribution is -2.31. The average Bonchev–Trinajstić information content (AvgIpc) is 3.09. The van der Waals surface area contributed by atoms with Gasteiger partial charge in [-0.3, -0.25) is 4.79 Å². The third-order valence-electron chi connectivity index (χ3n) is 4.22. The van der Waals surface area contributed by atoms with E-state index < -0.39 is 23.8 Å². The van der Waals surface area contributed by atoms with Crippen LogP contribution in [0.1, 0.15) is 24.5 Å². The van der Waals surface area contributed by atoms with E-state index in [2.05, 4.69) is 5.32 Å². The number of rotatable bonds is 6. The van der Waals surface area contributed by atoms with E-state index in [-0.39, 0.29) is 6.61 Å². The van der Waals surface area contributed by atoms with Crippen molar-refractivity contribution in [3.63, 3.8) is 0 Å². The fourth-order valence-electron chi connectivity index (χ4n) is 2.84. The molecular weight excluding hydrogens is 337 g/mol. The summed E-state index contributed by atoms with van der Waals surface area (Å²) in [6, 6.07) is 11.1. The number of carbonyl (C=O) groups is 2. The van der Waals surface area contributed by atoms with Gasteiger partial charge in [0.2, 0.25) is 0 Å². The van der Waals surface area contributed by atoms with Crippen molar-refractivity contribution in [1.82, 2.24) is 0 Å². The number of halogens is 1. The van der Waals surface area contributed by atoms with Crippen LogP contribution in [0.2, 0.25) is 0 Å². The molecule has 0 bridgehead atoms. The van der Waals surface area contributed by atoms with Gasteiger partial charge in [-0.15, -0.1) is 0 Å². The lowest BCUT2D eigenvalue weighted by atomic mass is 10.1. The molecule has 0 fully saturated rings. The smallest absolute Gasteiger partial charge is 0.344 e. The number of hydrogen-bond acceptors (Lipinski definition) is 4. The minimum absolute atomic E-state index is 0.271.